The molecule has 1 heterocycles. The third-order valence-corrected chi connectivity index (χ3v) is 3.73. The van der Waals surface area contributed by atoms with E-state index in [1.807, 2.05) is 13.0 Å². The van der Waals surface area contributed by atoms with E-state index in [0.717, 1.165) is 17.5 Å². The van der Waals surface area contributed by atoms with Crippen molar-refractivity contribution in [2.45, 2.75) is 19.4 Å². The van der Waals surface area contributed by atoms with E-state index in [1.54, 1.807) is 11.7 Å². The third-order valence-electron chi connectivity index (χ3n) is 2.93. The Labute approximate surface area is 118 Å². The Bertz CT molecular complexity index is 613. The molecule has 1 N–H and O–H groups in total. The summed E-state index contributed by atoms with van der Waals surface area (Å²) in [5, 5.41) is 14.3. The molecule has 1 unspecified atom stereocenters. The molecular weight excluding hydrogens is 318 g/mol. The van der Waals surface area contributed by atoms with Gasteiger partial charge in [-0.25, -0.2) is 8.78 Å². The van der Waals surface area contributed by atoms with Crippen LogP contribution in [0, 0.1) is 18.6 Å². The fourth-order valence-corrected chi connectivity index (χ4v) is 2.55. The number of nitrogens with zero attached hydrogens (tertiary/aromatic N) is 2. The monoisotopic (exact) mass is 330 g/mol. The van der Waals surface area contributed by atoms with Crippen molar-refractivity contribution in [3.63, 3.8) is 0 Å². The SMILES string of the molecule is Cc1cc(CC(O)c2ccc(F)c(F)c2Br)n(C)n1. The van der Waals surface area contributed by atoms with Crippen molar-refractivity contribution in [2.24, 2.45) is 7.05 Å². The number of halogens is 3. The summed E-state index contributed by atoms with van der Waals surface area (Å²) in [5.41, 5.74) is 1.98. The van der Waals surface area contributed by atoms with Crippen molar-refractivity contribution >= 4 is 15.9 Å². The molecule has 1 atom stereocenters. The Balaban J connectivity index is 2.28. The Kier molecular flexibility index (Phi) is 4.01. The number of hydrogen-bond donors (Lipinski definition) is 1. The van der Waals surface area contributed by atoms with Crippen LogP contribution in [-0.4, -0.2) is 14.9 Å². The summed E-state index contributed by atoms with van der Waals surface area (Å²) in [6, 6.07) is 4.22. The van der Waals surface area contributed by atoms with E-state index < -0.39 is 17.7 Å². The minimum absolute atomic E-state index is 0.0427. The largest absolute Gasteiger partial charge is 0.388 e. The highest BCUT2D eigenvalue weighted by Crippen LogP contribution is 2.29. The molecule has 0 amide bonds. The molecule has 1 aromatic carbocycles. The fraction of sp³-hybridized carbons (Fsp3) is 0.308. The molecule has 0 radical (unpaired) electrons. The average Bonchev–Trinajstić information content (AvgIpc) is 2.65. The van der Waals surface area contributed by atoms with Crippen LogP contribution in [0.2, 0.25) is 0 Å². The average molecular weight is 331 g/mol. The lowest BCUT2D eigenvalue weighted by molar-refractivity contribution is 0.174. The maximum absolute atomic E-state index is 13.4. The van der Waals surface area contributed by atoms with E-state index in [2.05, 4.69) is 21.0 Å². The van der Waals surface area contributed by atoms with E-state index in [0.29, 0.717) is 5.56 Å². The van der Waals surface area contributed by atoms with Crippen LogP contribution in [0.15, 0.2) is 22.7 Å². The molecule has 1 aromatic heterocycles. The zero-order chi connectivity index (χ0) is 14.2. The van der Waals surface area contributed by atoms with Crippen molar-refractivity contribution < 1.29 is 13.9 Å². The van der Waals surface area contributed by atoms with Gasteiger partial charge in [0.2, 0.25) is 0 Å². The molecule has 0 aliphatic rings. The van der Waals surface area contributed by atoms with E-state index >= 15 is 0 Å². The number of aliphatic hydroxyl groups is 1. The maximum Gasteiger partial charge on any atom is 0.173 e. The van der Waals surface area contributed by atoms with Gasteiger partial charge in [-0.3, -0.25) is 4.68 Å². The molecule has 0 bridgehead atoms. The van der Waals surface area contributed by atoms with Crippen LogP contribution in [0.3, 0.4) is 0 Å². The molecule has 19 heavy (non-hydrogen) atoms. The van der Waals surface area contributed by atoms with Crippen molar-refractivity contribution in [1.82, 2.24) is 9.78 Å². The van der Waals surface area contributed by atoms with Crippen LogP contribution >= 0.6 is 15.9 Å². The number of hydrogen-bond acceptors (Lipinski definition) is 2. The minimum Gasteiger partial charge on any atom is -0.388 e. The van der Waals surface area contributed by atoms with Gasteiger partial charge in [0.15, 0.2) is 11.6 Å². The van der Waals surface area contributed by atoms with Gasteiger partial charge >= 0.3 is 0 Å². The lowest BCUT2D eigenvalue weighted by Crippen LogP contribution is -2.08. The molecule has 0 spiro atoms. The molecule has 2 rings (SSSR count). The number of aromatic nitrogens is 2. The summed E-state index contributed by atoms with van der Waals surface area (Å²) in [7, 11) is 1.77. The highest BCUT2D eigenvalue weighted by molar-refractivity contribution is 9.10. The van der Waals surface area contributed by atoms with Crippen molar-refractivity contribution in [2.75, 3.05) is 0 Å². The van der Waals surface area contributed by atoms with E-state index in [1.165, 1.54) is 6.07 Å². The van der Waals surface area contributed by atoms with Gasteiger partial charge in [0, 0.05) is 19.2 Å². The van der Waals surface area contributed by atoms with Gasteiger partial charge in [-0.2, -0.15) is 5.10 Å². The zero-order valence-corrected chi connectivity index (χ0v) is 12.1. The first-order valence-corrected chi connectivity index (χ1v) is 6.50. The normalized spacial score (nSPS) is 12.7. The summed E-state index contributed by atoms with van der Waals surface area (Å²) in [6.45, 7) is 1.85. The van der Waals surface area contributed by atoms with Crippen molar-refractivity contribution in [1.29, 1.82) is 0 Å². The summed E-state index contributed by atoms with van der Waals surface area (Å²) in [6.07, 6.45) is -0.652. The molecule has 6 heteroatoms. The van der Waals surface area contributed by atoms with Gasteiger partial charge in [-0.1, -0.05) is 6.07 Å². The topological polar surface area (TPSA) is 38.0 Å². The highest BCUT2D eigenvalue weighted by atomic mass is 79.9. The van der Waals surface area contributed by atoms with E-state index in [4.69, 9.17) is 0 Å². The lowest BCUT2D eigenvalue weighted by Gasteiger charge is -2.13. The van der Waals surface area contributed by atoms with Gasteiger partial charge in [0.05, 0.1) is 16.3 Å². The molecule has 0 saturated heterocycles. The predicted molar refractivity (Wildman–Crippen MR) is 70.7 cm³/mol. The quantitative estimate of drug-likeness (QED) is 0.878. The molecule has 3 nitrogen and oxygen atoms in total. The molecule has 0 aliphatic carbocycles. The number of benzene rings is 1. The van der Waals surface area contributed by atoms with E-state index in [9.17, 15) is 13.9 Å². The first-order valence-electron chi connectivity index (χ1n) is 5.71. The van der Waals surface area contributed by atoms with E-state index in [-0.39, 0.29) is 10.9 Å². The van der Waals surface area contributed by atoms with Crippen molar-refractivity contribution in [3.8, 4) is 0 Å². The molecular formula is C13H13BrF2N2O. The smallest absolute Gasteiger partial charge is 0.173 e. The van der Waals surface area contributed by atoms with Gasteiger partial charge < -0.3 is 5.11 Å². The lowest BCUT2D eigenvalue weighted by atomic mass is 10.0. The number of aliphatic hydroxyl groups excluding tert-OH is 1. The Morgan fingerprint density at radius 2 is 2.11 bits per heavy atom. The standard InChI is InChI=1S/C13H13BrF2N2O/c1-7-5-8(18(2)17-7)6-11(19)9-3-4-10(15)13(16)12(9)14/h3-5,11,19H,6H2,1-2H3. The van der Waals surface area contributed by atoms with Crippen LogP contribution in [0.4, 0.5) is 8.78 Å². The Morgan fingerprint density at radius 3 is 2.68 bits per heavy atom. The maximum atomic E-state index is 13.4. The molecule has 0 fully saturated rings. The summed E-state index contributed by atoms with van der Waals surface area (Å²) < 4.78 is 28.1. The van der Waals surface area contributed by atoms with Crippen LogP contribution in [-0.2, 0) is 13.5 Å². The second-order valence-corrected chi connectivity index (χ2v) is 5.18. The zero-order valence-electron chi connectivity index (χ0n) is 10.5. The van der Waals surface area contributed by atoms with Gasteiger partial charge in [0.1, 0.15) is 0 Å². The van der Waals surface area contributed by atoms with Crippen LogP contribution in [0.25, 0.3) is 0 Å². The minimum atomic E-state index is -0.988. The third kappa shape index (κ3) is 2.84. The predicted octanol–water partition coefficient (Wildman–Crippen LogP) is 3.05. The Morgan fingerprint density at radius 1 is 1.42 bits per heavy atom. The number of rotatable bonds is 3. The van der Waals surface area contributed by atoms with Crippen LogP contribution in [0.1, 0.15) is 23.1 Å². The van der Waals surface area contributed by atoms with Gasteiger partial charge in [0.25, 0.3) is 0 Å². The van der Waals surface area contributed by atoms with Crippen LogP contribution in [0.5, 0.6) is 0 Å². The summed E-state index contributed by atoms with van der Waals surface area (Å²) in [5.74, 6) is -1.93. The second kappa shape index (κ2) is 5.38. The Hall–Kier alpha value is -1.27. The molecule has 2 aromatic rings. The fourth-order valence-electron chi connectivity index (χ4n) is 1.96. The number of aryl methyl sites for hydroxylation is 2. The van der Waals surface area contributed by atoms with Gasteiger partial charge in [-0.05, 0) is 40.5 Å². The first kappa shape index (κ1) is 14.1. The first-order chi connectivity index (χ1) is 8.90. The highest BCUT2D eigenvalue weighted by Gasteiger charge is 2.18. The molecule has 0 aliphatic heterocycles. The summed E-state index contributed by atoms with van der Waals surface area (Å²) >= 11 is 2.97. The van der Waals surface area contributed by atoms with Crippen LogP contribution < -0.4 is 0 Å². The molecule has 102 valence electrons. The second-order valence-electron chi connectivity index (χ2n) is 4.39. The summed E-state index contributed by atoms with van der Waals surface area (Å²) in [4.78, 5) is 0. The van der Waals surface area contributed by atoms with Crippen molar-refractivity contribution in [3.05, 3.63) is 51.3 Å². The van der Waals surface area contributed by atoms with Gasteiger partial charge in [-0.15, -0.1) is 0 Å². The molecule has 0 saturated carbocycles.